The normalized spacial score (nSPS) is 9.00. The summed E-state index contributed by atoms with van der Waals surface area (Å²) in [6.45, 7) is 0. The predicted molar refractivity (Wildman–Crippen MR) is 64.9 cm³/mol. The zero-order valence-corrected chi connectivity index (χ0v) is 9.29. The summed E-state index contributed by atoms with van der Waals surface area (Å²) in [5.41, 5.74) is 1.54. The van der Waals surface area contributed by atoms with Crippen LogP contribution in [0.5, 0.6) is 0 Å². The first-order valence-electron chi connectivity index (χ1n) is 5.10. The lowest BCUT2D eigenvalue weighted by Crippen LogP contribution is -1.92. The van der Waals surface area contributed by atoms with E-state index in [4.69, 9.17) is 14.9 Å². The molecule has 86 valence electrons. The van der Waals surface area contributed by atoms with E-state index in [1.807, 2.05) is 24.3 Å². The van der Waals surface area contributed by atoms with Crippen LogP contribution in [0.2, 0.25) is 0 Å². The maximum Gasteiger partial charge on any atom is 0.181 e. The molecule has 0 spiro atoms. The molecule has 0 bridgehead atoms. The average molecular weight is 236 g/mol. The van der Waals surface area contributed by atoms with E-state index in [0.29, 0.717) is 5.76 Å². The van der Waals surface area contributed by atoms with Crippen LogP contribution < -0.4 is 5.32 Å². The lowest BCUT2D eigenvalue weighted by atomic mass is 10.1. The van der Waals surface area contributed by atoms with Crippen molar-refractivity contribution in [3.05, 3.63) is 48.6 Å². The highest BCUT2D eigenvalue weighted by Gasteiger charge is 2.06. The van der Waals surface area contributed by atoms with E-state index in [2.05, 4.69) is 10.3 Å². The van der Waals surface area contributed by atoms with E-state index >= 15 is 0 Å². The topological polar surface area (TPSA) is 85.6 Å². The van der Waals surface area contributed by atoms with Gasteiger partial charge in [0.2, 0.25) is 0 Å². The molecule has 0 atom stereocenters. The summed E-state index contributed by atoms with van der Waals surface area (Å²) in [6, 6.07) is 10.9. The molecule has 0 saturated carbocycles. The molecule has 0 aliphatic carbocycles. The summed E-state index contributed by atoms with van der Waals surface area (Å²) in [6.07, 6.45) is 4.30. The van der Waals surface area contributed by atoms with Crippen LogP contribution in [0, 0.1) is 22.7 Å². The zero-order valence-electron chi connectivity index (χ0n) is 9.29. The van der Waals surface area contributed by atoms with Gasteiger partial charge in [-0.15, -0.1) is 0 Å². The minimum atomic E-state index is 0.00220. The highest BCUT2D eigenvalue weighted by Crippen LogP contribution is 2.27. The summed E-state index contributed by atoms with van der Waals surface area (Å²) >= 11 is 0. The highest BCUT2D eigenvalue weighted by atomic mass is 16.3. The fraction of sp³-hybridized carbons (Fsp3) is 0. The Morgan fingerprint density at radius 3 is 2.72 bits per heavy atom. The Morgan fingerprint density at radius 2 is 2.06 bits per heavy atom. The van der Waals surface area contributed by atoms with E-state index in [9.17, 15) is 0 Å². The third kappa shape index (κ3) is 2.37. The molecule has 1 heterocycles. The van der Waals surface area contributed by atoms with Gasteiger partial charge in [-0.1, -0.05) is 12.1 Å². The van der Waals surface area contributed by atoms with Gasteiger partial charge in [0.1, 0.15) is 17.7 Å². The molecule has 0 radical (unpaired) electrons. The maximum atomic E-state index is 8.65. The molecule has 0 saturated heterocycles. The quantitative estimate of drug-likeness (QED) is 0.828. The Labute approximate surface area is 104 Å². The van der Waals surface area contributed by atoms with Crippen molar-refractivity contribution in [3.63, 3.8) is 0 Å². The molecule has 2 rings (SSSR count). The van der Waals surface area contributed by atoms with E-state index < -0.39 is 0 Å². The Bertz CT molecular complexity index is 628. The summed E-state index contributed by atoms with van der Waals surface area (Å²) in [4.78, 5) is 3.85. The standard InChI is InChI=1S/C13H8N4O/c14-5-10(6-15)7-17-12-4-2-1-3-11(12)13-8-16-9-18-13/h1-4,7-9,17H. The molecule has 0 fully saturated rings. The van der Waals surface area contributed by atoms with Gasteiger partial charge in [0.15, 0.2) is 12.2 Å². The van der Waals surface area contributed by atoms with Crippen LogP contribution in [-0.4, -0.2) is 4.98 Å². The molecule has 1 aromatic heterocycles. The summed E-state index contributed by atoms with van der Waals surface area (Å²) in [7, 11) is 0. The molecule has 2 aromatic rings. The van der Waals surface area contributed by atoms with Gasteiger partial charge in [0, 0.05) is 17.5 Å². The molecular weight excluding hydrogens is 228 g/mol. The molecule has 0 aliphatic rings. The van der Waals surface area contributed by atoms with Crippen molar-refractivity contribution >= 4 is 5.69 Å². The van der Waals surface area contributed by atoms with Crippen molar-refractivity contribution in [2.45, 2.75) is 0 Å². The monoisotopic (exact) mass is 236 g/mol. The second kappa shape index (κ2) is 5.33. The summed E-state index contributed by atoms with van der Waals surface area (Å²) in [5, 5.41) is 20.2. The number of aromatic nitrogens is 1. The molecular formula is C13H8N4O. The minimum absolute atomic E-state index is 0.00220. The molecule has 5 nitrogen and oxygen atoms in total. The summed E-state index contributed by atoms with van der Waals surface area (Å²) in [5.74, 6) is 0.613. The van der Waals surface area contributed by atoms with Crippen molar-refractivity contribution in [3.8, 4) is 23.5 Å². The Hall–Kier alpha value is -3.05. The third-order valence-electron chi connectivity index (χ3n) is 2.24. The number of allylic oxidation sites excluding steroid dienone is 1. The number of hydrogen-bond acceptors (Lipinski definition) is 5. The Morgan fingerprint density at radius 1 is 1.28 bits per heavy atom. The van der Waals surface area contributed by atoms with Gasteiger partial charge >= 0.3 is 0 Å². The van der Waals surface area contributed by atoms with Crippen molar-refractivity contribution in [1.82, 2.24) is 4.98 Å². The van der Waals surface area contributed by atoms with Gasteiger partial charge < -0.3 is 9.73 Å². The molecule has 1 N–H and O–H groups in total. The van der Waals surface area contributed by atoms with Crippen LogP contribution in [0.15, 0.2) is 53.0 Å². The second-order valence-corrected chi connectivity index (χ2v) is 3.34. The fourth-order valence-electron chi connectivity index (χ4n) is 1.41. The number of nitrogens with one attached hydrogen (secondary N) is 1. The first-order valence-corrected chi connectivity index (χ1v) is 5.10. The lowest BCUT2D eigenvalue weighted by molar-refractivity contribution is 0.572. The van der Waals surface area contributed by atoms with Crippen LogP contribution in [0.1, 0.15) is 0 Å². The number of benzene rings is 1. The fourth-order valence-corrected chi connectivity index (χ4v) is 1.41. The lowest BCUT2D eigenvalue weighted by Gasteiger charge is -2.05. The van der Waals surface area contributed by atoms with Gasteiger partial charge in [-0.25, -0.2) is 4.98 Å². The van der Waals surface area contributed by atoms with Crippen molar-refractivity contribution in [2.24, 2.45) is 0 Å². The average Bonchev–Trinajstić information content (AvgIpc) is 2.94. The third-order valence-corrected chi connectivity index (χ3v) is 2.24. The number of oxazole rings is 1. The van der Waals surface area contributed by atoms with Crippen LogP contribution in [-0.2, 0) is 0 Å². The highest BCUT2D eigenvalue weighted by molar-refractivity contribution is 5.75. The van der Waals surface area contributed by atoms with Crippen LogP contribution >= 0.6 is 0 Å². The zero-order chi connectivity index (χ0) is 12.8. The molecule has 0 unspecified atom stereocenters. The molecule has 1 aromatic carbocycles. The van der Waals surface area contributed by atoms with Gasteiger partial charge in [-0.3, -0.25) is 0 Å². The van der Waals surface area contributed by atoms with Gasteiger partial charge in [0.25, 0.3) is 0 Å². The largest absolute Gasteiger partial charge is 0.443 e. The molecule has 0 aliphatic heterocycles. The van der Waals surface area contributed by atoms with Crippen LogP contribution in [0.25, 0.3) is 11.3 Å². The number of hydrogen-bond donors (Lipinski definition) is 1. The van der Waals surface area contributed by atoms with E-state index in [-0.39, 0.29) is 5.57 Å². The molecule has 5 heteroatoms. The van der Waals surface area contributed by atoms with Gasteiger partial charge in [-0.2, -0.15) is 10.5 Å². The number of rotatable bonds is 3. The number of nitriles is 2. The minimum Gasteiger partial charge on any atom is -0.443 e. The Balaban J connectivity index is 2.33. The van der Waals surface area contributed by atoms with Crippen molar-refractivity contribution in [2.75, 3.05) is 5.32 Å². The Kier molecular flexibility index (Phi) is 3.39. The van der Waals surface area contributed by atoms with Gasteiger partial charge in [0.05, 0.1) is 6.20 Å². The smallest absolute Gasteiger partial charge is 0.181 e. The van der Waals surface area contributed by atoms with Gasteiger partial charge in [-0.05, 0) is 12.1 Å². The second-order valence-electron chi connectivity index (χ2n) is 3.34. The number of nitrogens with zero attached hydrogens (tertiary/aromatic N) is 3. The van der Waals surface area contributed by atoms with E-state index in [1.165, 1.54) is 12.6 Å². The SMILES string of the molecule is N#CC(C#N)=CNc1ccccc1-c1cnco1. The summed E-state index contributed by atoms with van der Waals surface area (Å²) < 4.78 is 5.22. The van der Waals surface area contributed by atoms with Crippen LogP contribution in [0.4, 0.5) is 5.69 Å². The van der Waals surface area contributed by atoms with Crippen LogP contribution in [0.3, 0.4) is 0 Å². The number of anilines is 1. The molecule has 0 amide bonds. The van der Waals surface area contributed by atoms with E-state index in [0.717, 1.165) is 11.3 Å². The van der Waals surface area contributed by atoms with E-state index in [1.54, 1.807) is 18.3 Å². The predicted octanol–water partition coefficient (Wildman–Crippen LogP) is 2.68. The first-order chi connectivity index (χ1) is 8.85. The number of para-hydroxylation sites is 1. The van der Waals surface area contributed by atoms with Crippen molar-refractivity contribution in [1.29, 1.82) is 10.5 Å². The first kappa shape index (κ1) is 11.4. The molecule has 18 heavy (non-hydrogen) atoms. The maximum absolute atomic E-state index is 8.65. The van der Waals surface area contributed by atoms with Crippen molar-refractivity contribution < 1.29 is 4.42 Å².